The first-order chi connectivity index (χ1) is 9.04. The number of carbonyl (C=O) groups excluding carboxylic acids is 1. The Morgan fingerprint density at radius 3 is 2.50 bits per heavy atom. The van der Waals surface area contributed by atoms with Crippen LogP contribution in [0.15, 0.2) is 0 Å². The van der Waals surface area contributed by atoms with Crippen LogP contribution in [0.4, 0.5) is 0 Å². The van der Waals surface area contributed by atoms with E-state index in [9.17, 15) is 4.79 Å². The van der Waals surface area contributed by atoms with Crippen LogP contribution in [0, 0.1) is 11.8 Å². The van der Waals surface area contributed by atoms with Gasteiger partial charge in [0.25, 0.3) is 0 Å². The van der Waals surface area contributed by atoms with Crippen molar-refractivity contribution in [3.05, 3.63) is 0 Å². The molecule has 0 aromatic rings. The van der Waals surface area contributed by atoms with Crippen LogP contribution >= 0.6 is 12.4 Å². The highest BCUT2D eigenvalue weighted by molar-refractivity contribution is 5.85. The van der Waals surface area contributed by atoms with Gasteiger partial charge in [0, 0.05) is 26.2 Å². The molecule has 0 radical (unpaired) electrons. The molecule has 0 aromatic heterocycles. The van der Waals surface area contributed by atoms with Gasteiger partial charge in [-0.2, -0.15) is 0 Å². The van der Waals surface area contributed by atoms with Crippen molar-refractivity contribution in [3.8, 4) is 0 Å². The van der Waals surface area contributed by atoms with Gasteiger partial charge in [-0.05, 0) is 11.8 Å². The second-order valence-electron chi connectivity index (χ2n) is 5.67. The molecule has 20 heavy (non-hydrogen) atoms. The monoisotopic (exact) mass is 307 g/mol. The highest BCUT2D eigenvalue weighted by Gasteiger charge is 2.20. The average molecular weight is 308 g/mol. The van der Waals surface area contributed by atoms with Gasteiger partial charge in [-0.15, -0.1) is 12.4 Å². The van der Waals surface area contributed by atoms with Crippen LogP contribution < -0.4 is 11.1 Å². The lowest BCUT2D eigenvalue weighted by molar-refractivity contribution is -0.123. The number of hydrogen-bond acceptors (Lipinski definition) is 4. The fourth-order valence-electron chi connectivity index (χ4n) is 2.19. The van der Waals surface area contributed by atoms with Gasteiger partial charge in [-0.3, -0.25) is 9.69 Å². The van der Waals surface area contributed by atoms with Crippen molar-refractivity contribution in [3.63, 3.8) is 0 Å². The predicted molar refractivity (Wildman–Crippen MR) is 84.1 cm³/mol. The van der Waals surface area contributed by atoms with E-state index in [1.807, 2.05) is 6.92 Å². The van der Waals surface area contributed by atoms with Crippen molar-refractivity contribution >= 4 is 18.3 Å². The number of halogens is 1. The minimum Gasteiger partial charge on any atom is -0.379 e. The smallest absolute Gasteiger partial charge is 0.237 e. The molecule has 0 aromatic carbocycles. The van der Waals surface area contributed by atoms with Crippen LogP contribution in [0.1, 0.15) is 27.2 Å². The molecule has 6 heteroatoms. The summed E-state index contributed by atoms with van der Waals surface area (Å²) >= 11 is 0. The second kappa shape index (κ2) is 10.4. The van der Waals surface area contributed by atoms with Gasteiger partial charge in [0.15, 0.2) is 0 Å². The van der Waals surface area contributed by atoms with Gasteiger partial charge in [-0.1, -0.05) is 27.2 Å². The van der Waals surface area contributed by atoms with Crippen molar-refractivity contribution in [1.82, 2.24) is 10.2 Å². The lowest BCUT2D eigenvalue weighted by atomic mass is 9.99. The number of morpholine rings is 1. The summed E-state index contributed by atoms with van der Waals surface area (Å²) in [6, 6.07) is -0.388. The Bertz CT molecular complexity index is 273. The summed E-state index contributed by atoms with van der Waals surface area (Å²) in [6.07, 6.45) is 0.928. The van der Waals surface area contributed by atoms with Crippen LogP contribution in [0.2, 0.25) is 0 Å². The largest absolute Gasteiger partial charge is 0.379 e. The zero-order chi connectivity index (χ0) is 14.3. The minimum atomic E-state index is -0.388. The maximum atomic E-state index is 11.9. The average Bonchev–Trinajstić information content (AvgIpc) is 2.44. The fraction of sp³-hybridized carbons (Fsp3) is 0.929. The number of nitrogens with one attached hydrogen (secondary N) is 1. The molecular weight excluding hydrogens is 278 g/mol. The summed E-state index contributed by atoms with van der Waals surface area (Å²) in [5.41, 5.74) is 5.90. The molecular formula is C14H30ClN3O2. The zero-order valence-corrected chi connectivity index (χ0v) is 13.7. The molecule has 1 aliphatic heterocycles. The molecule has 0 saturated carbocycles. The maximum absolute atomic E-state index is 11.9. The first-order valence-electron chi connectivity index (χ1n) is 7.38. The maximum Gasteiger partial charge on any atom is 0.237 e. The van der Waals surface area contributed by atoms with Crippen LogP contribution in [0.5, 0.6) is 0 Å². The minimum absolute atomic E-state index is 0. The summed E-state index contributed by atoms with van der Waals surface area (Å²) in [5, 5.41) is 2.97. The van der Waals surface area contributed by atoms with Crippen LogP contribution in [0.3, 0.4) is 0 Å². The third kappa shape index (κ3) is 6.88. The molecule has 0 spiro atoms. The van der Waals surface area contributed by atoms with Crippen molar-refractivity contribution in [2.75, 3.05) is 39.4 Å². The van der Waals surface area contributed by atoms with Crippen molar-refractivity contribution in [1.29, 1.82) is 0 Å². The summed E-state index contributed by atoms with van der Waals surface area (Å²) in [7, 11) is 0. The SMILES string of the molecule is CCC(C)C(N)C(=O)NCC(C)CN1CCOCC1.Cl. The molecule has 5 nitrogen and oxygen atoms in total. The topological polar surface area (TPSA) is 67.6 Å². The standard InChI is InChI=1S/C14H29N3O2.ClH/c1-4-12(3)13(15)14(18)16-9-11(2)10-17-5-7-19-8-6-17;/h11-13H,4-10,15H2,1-3H3,(H,16,18);1H. The second-order valence-corrected chi connectivity index (χ2v) is 5.67. The van der Waals surface area contributed by atoms with Gasteiger partial charge >= 0.3 is 0 Å². The Kier molecular flexibility index (Phi) is 10.2. The molecule has 120 valence electrons. The summed E-state index contributed by atoms with van der Waals surface area (Å²) in [4.78, 5) is 14.3. The highest BCUT2D eigenvalue weighted by atomic mass is 35.5. The normalized spacial score (nSPS) is 20.6. The quantitative estimate of drug-likeness (QED) is 0.732. The summed E-state index contributed by atoms with van der Waals surface area (Å²) in [5.74, 6) is 0.643. The molecule has 1 aliphatic rings. The third-order valence-corrected chi connectivity index (χ3v) is 3.86. The van der Waals surface area contributed by atoms with E-state index in [-0.39, 0.29) is 30.3 Å². The number of ether oxygens (including phenoxy) is 1. The fourth-order valence-corrected chi connectivity index (χ4v) is 2.19. The molecule has 3 N–H and O–H groups in total. The first kappa shape index (κ1) is 19.6. The van der Waals surface area contributed by atoms with Gasteiger partial charge in [0.05, 0.1) is 19.3 Å². The number of nitrogens with two attached hydrogens (primary N) is 1. The van der Waals surface area contributed by atoms with Gasteiger partial charge < -0.3 is 15.8 Å². The van der Waals surface area contributed by atoms with Crippen LogP contribution in [0.25, 0.3) is 0 Å². The van der Waals surface area contributed by atoms with E-state index in [4.69, 9.17) is 10.5 Å². The van der Waals surface area contributed by atoms with E-state index >= 15 is 0 Å². The Balaban J connectivity index is 0.00000361. The van der Waals surface area contributed by atoms with Gasteiger partial charge in [0.2, 0.25) is 5.91 Å². The molecule has 0 bridgehead atoms. The van der Waals surface area contributed by atoms with E-state index in [1.165, 1.54) is 0 Å². The molecule has 1 saturated heterocycles. The Morgan fingerprint density at radius 2 is 1.95 bits per heavy atom. The number of hydrogen-bond donors (Lipinski definition) is 2. The van der Waals surface area contributed by atoms with Crippen LogP contribution in [-0.2, 0) is 9.53 Å². The van der Waals surface area contributed by atoms with E-state index in [0.717, 1.165) is 39.3 Å². The molecule has 1 fully saturated rings. The van der Waals surface area contributed by atoms with Gasteiger partial charge in [-0.25, -0.2) is 0 Å². The number of carbonyl (C=O) groups is 1. The predicted octanol–water partition coefficient (Wildman–Crippen LogP) is 0.866. The molecule has 1 amide bonds. The first-order valence-corrected chi connectivity index (χ1v) is 7.38. The number of rotatable bonds is 7. The number of nitrogens with zero attached hydrogens (tertiary/aromatic N) is 1. The molecule has 0 aliphatic carbocycles. The van der Waals surface area contributed by atoms with Gasteiger partial charge in [0.1, 0.15) is 0 Å². The molecule has 1 rings (SSSR count). The van der Waals surface area contributed by atoms with Crippen molar-refractivity contribution in [2.24, 2.45) is 17.6 Å². The Labute approximate surface area is 129 Å². The number of amides is 1. The van der Waals surface area contributed by atoms with Crippen molar-refractivity contribution in [2.45, 2.75) is 33.2 Å². The third-order valence-electron chi connectivity index (χ3n) is 3.86. The zero-order valence-electron chi connectivity index (χ0n) is 12.9. The Hall–Kier alpha value is -0.360. The highest BCUT2D eigenvalue weighted by Crippen LogP contribution is 2.06. The van der Waals surface area contributed by atoms with E-state index in [0.29, 0.717) is 12.5 Å². The lowest BCUT2D eigenvalue weighted by Gasteiger charge is -2.29. The summed E-state index contributed by atoms with van der Waals surface area (Å²) < 4.78 is 5.32. The molecule has 3 atom stereocenters. The van der Waals surface area contributed by atoms with Crippen LogP contribution in [-0.4, -0.2) is 56.2 Å². The van der Waals surface area contributed by atoms with E-state index < -0.39 is 0 Å². The van der Waals surface area contributed by atoms with Crippen molar-refractivity contribution < 1.29 is 9.53 Å². The Morgan fingerprint density at radius 1 is 1.35 bits per heavy atom. The lowest BCUT2D eigenvalue weighted by Crippen LogP contribution is -2.47. The summed E-state index contributed by atoms with van der Waals surface area (Å²) in [6.45, 7) is 11.5. The molecule has 3 unspecified atom stereocenters. The van der Waals surface area contributed by atoms with E-state index in [1.54, 1.807) is 0 Å². The van der Waals surface area contributed by atoms with E-state index in [2.05, 4.69) is 24.1 Å². The molecule has 1 heterocycles.